The zero-order chi connectivity index (χ0) is 13.1. The van der Waals surface area contributed by atoms with Crippen LogP contribution in [0.15, 0.2) is 29.2 Å². The maximum Gasteiger partial charge on any atom is 0.0198 e. The van der Waals surface area contributed by atoms with Crippen LogP contribution in [0, 0.1) is 0 Å². The van der Waals surface area contributed by atoms with Crippen molar-refractivity contribution >= 4 is 23.5 Å². The van der Waals surface area contributed by atoms with Gasteiger partial charge in [-0.1, -0.05) is 31.0 Å². The highest BCUT2D eigenvalue weighted by Gasteiger charge is 2.27. The van der Waals surface area contributed by atoms with Crippen LogP contribution in [-0.2, 0) is 0 Å². The maximum atomic E-state index is 3.87. The fourth-order valence-corrected chi connectivity index (χ4v) is 5.52. The van der Waals surface area contributed by atoms with Crippen LogP contribution in [0.2, 0.25) is 0 Å². The predicted octanol–water partition coefficient (Wildman–Crippen LogP) is 4.14. The van der Waals surface area contributed by atoms with E-state index >= 15 is 0 Å². The van der Waals surface area contributed by atoms with Gasteiger partial charge < -0.3 is 5.32 Å². The topological polar surface area (TPSA) is 12.0 Å². The average molecular weight is 294 g/mol. The second-order valence-corrected chi connectivity index (χ2v) is 7.76. The molecule has 0 aromatic heterocycles. The first kappa shape index (κ1) is 13.8. The molecule has 1 nitrogen and oxygen atoms in total. The molecule has 3 heteroatoms. The third-order valence-corrected chi connectivity index (χ3v) is 6.85. The fourth-order valence-electron chi connectivity index (χ4n) is 3.30. The molecule has 1 fully saturated rings. The van der Waals surface area contributed by atoms with Crippen LogP contribution < -0.4 is 5.32 Å². The van der Waals surface area contributed by atoms with E-state index in [1.54, 1.807) is 5.56 Å². The predicted molar refractivity (Wildman–Crippen MR) is 87.5 cm³/mol. The molecule has 1 N–H and O–H groups in total. The van der Waals surface area contributed by atoms with Gasteiger partial charge in [0.2, 0.25) is 0 Å². The summed E-state index contributed by atoms with van der Waals surface area (Å²) in [4.78, 5) is 1.50. The lowest BCUT2D eigenvalue weighted by Gasteiger charge is -2.32. The molecule has 0 bridgehead atoms. The fraction of sp³-hybridized carbons (Fsp3) is 0.625. The summed E-state index contributed by atoms with van der Waals surface area (Å²) in [7, 11) is 0. The molecule has 3 atom stereocenters. The van der Waals surface area contributed by atoms with Crippen molar-refractivity contribution in [2.75, 3.05) is 18.6 Å². The Labute approximate surface area is 125 Å². The number of fused-ring (bicyclic) bond motifs is 1. The Hall–Kier alpha value is -0.120. The smallest absolute Gasteiger partial charge is 0.0198 e. The Morgan fingerprint density at radius 1 is 1.26 bits per heavy atom. The summed E-state index contributed by atoms with van der Waals surface area (Å²) in [6.07, 6.45) is 7.86. The van der Waals surface area contributed by atoms with Crippen molar-refractivity contribution < 1.29 is 0 Å². The normalized spacial score (nSPS) is 30.3. The largest absolute Gasteiger partial charge is 0.312 e. The van der Waals surface area contributed by atoms with Crippen molar-refractivity contribution in [1.29, 1.82) is 0 Å². The van der Waals surface area contributed by atoms with Crippen LogP contribution in [0.5, 0.6) is 0 Å². The van der Waals surface area contributed by atoms with Gasteiger partial charge in [0.05, 0.1) is 0 Å². The highest BCUT2D eigenvalue weighted by Crippen LogP contribution is 2.39. The van der Waals surface area contributed by atoms with E-state index < -0.39 is 0 Å². The lowest BCUT2D eigenvalue weighted by atomic mass is 9.93. The Balaban J connectivity index is 1.58. The van der Waals surface area contributed by atoms with Crippen LogP contribution in [-0.4, -0.2) is 29.8 Å². The van der Waals surface area contributed by atoms with Crippen molar-refractivity contribution in [2.24, 2.45) is 0 Å². The number of thioether (sulfide) groups is 2. The molecule has 1 aromatic carbocycles. The minimum atomic E-state index is 0.714. The molecule has 1 aliphatic heterocycles. The van der Waals surface area contributed by atoms with Crippen molar-refractivity contribution in [3.05, 3.63) is 29.8 Å². The zero-order valence-corrected chi connectivity index (χ0v) is 13.2. The van der Waals surface area contributed by atoms with Gasteiger partial charge in [-0.25, -0.2) is 0 Å². The van der Waals surface area contributed by atoms with Gasteiger partial charge in [0, 0.05) is 34.4 Å². The van der Waals surface area contributed by atoms with Crippen molar-refractivity contribution in [2.45, 2.75) is 47.8 Å². The molecule has 1 aromatic rings. The quantitative estimate of drug-likeness (QED) is 0.896. The van der Waals surface area contributed by atoms with E-state index in [2.05, 4.69) is 47.6 Å². The minimum Gasteiger partial charge on any atom is -0.312 e. The van der Waals surface area contributed by atoms with Gasteiger partial charge in [-0.2, -0.15) is 11.8 Å². The minimum absolute atomic E-state index is 0.714. The molecule has 3 unspecified atom stereocenters. The molecule has 0 radical (unpaired) electrons. The second kappa shape index (κ2) is 6.55. The van der Waals surface area contributed by atoms with Gasteiger partial charge >= 0.3 is 0 Å². The summed E-state index contributed by atoms with van der Waals surface area (Å²) < 4.78 is 0. The molecular weight excluding hydrogens is 270 g/mol. The van der Waals surface area contributed by atoms with Gasteiger partial charge in [-0.15, -0.1) is 11.8 Å². The molecular formula is C16H23NS2. The molecule has 0 spiro atoms. The third kappa shape index (κ3) is 3.14. The van der Waals surface area contributed by atoms with E-state index in [9.17, 15) is 0 Å². The van der Waals surface area contributed by atoms with E-state index in [0.717, 1.165) is 17.8 Å². The van der Waals surface area contributed by atoms with Gasteiger partial charge in [-0.05, 0) is 30.7 Å². The molecule has 104 valence electrons. The summed E-state index contributed by atoms with van der Waals surface area (Å²) in [6, 6.07) is 9.66. The van der Waals surface area contributed by atoms with Crippen molar-refractivity contribution in [3.8, 4) is 0 Å². The van der Waals surface area contributed by atoms with Gasteiger partial charge in [0.15, 0.2) is 0 Å². The summed E-state index contributed by atoms with van der Waals surface area (Å²) >= 11 is 4.08. The van der Waals surface area contributed by atoms with E-state index in [-0.39, 0.29) is 0 Å². The Morgan fingerprint density at radius 2 is 2.11 bits per heavy atom. The van der Waals surface area contributed by atoms with E-state index in [4.69, 9.17) is 0 Å². The molecule has 0 saturated heterocycles. The number of rotatable bonds is 4. The van der Waals surface area contributed by atoms with Crippen LogP contribution in [0.3, 0.4) is 0 Å². The molecule has 1 heterocycles. The molecule has 0 amide bonds. The van der Waals surface area contributed by atoms with E-state index in [0.29, 0.717) is 5.92 Å². The van der Waals surface area contributed by atoms with Crippen molar-refractivity contribution in [1.82, 2.24) is 5.32 Å². The molecule has 19 heavy (non-hydrogen) atoms. The number of nitrogens with one attached hydrogen (secondary N) is 1. The summed E-state index contributed by atoms with van der Waals surface area (Å²) in [5.41, 5.74) is 1.57. The SMILES string of the molecule is CSC1CCCCC1NCC1CSc2ccccc21. The number of hydrogen-bond donors (Lipinski definition) is 1. The molecule has 1 saturated carbocycles. The van der Waals surface area contributed by atoms with Gasteiger partial charge in [0.25, 0.3) is 0 Å². The highest BCUT2D eigenvalue weighted by atomic mass is 32.2. The standard InChI is InChI=1S/C16H23NS2/c1-18-16-9-5-3-7-14(16)17-10-12-11-19-15-8-4-2-6-13(12)15/h2,4,6,8,12,14,16-17H,3,5,7,9-11H2,1H3. The van der Waals surface area contributed by atoms with Crippen molar-refractivity contribution in [3.63, 3.8) is 0 Å². The summed E-state index contributed by atoms with van der Waals surface area (Å²) in [5.74, 6) is 1.97. The monoisotopic (exact) mass is 293 g/mol. The first-order chi connectivity index (χ1) is 9.38. The number of hydrogen-bond acceptors (Lipinski definition) is 3. The first-order valence-electron chi connectivity index (χ1n) is 7.36. The maximum absolute atomic E-state index is 3.87. The van der Waals surface area contributed by atoms with Gasteiger partial charge in [0.1, 0.15) is 0 Å². The summed E-state index contributed by atoms with van der Waals surface area (Å²) in [6.45, 7) is 1.16. The third-order valence-electron chi connectivity index (χ3n) is 4.43. The number of benzene rings is 1. The van der Waals surface area contributed by atoms with Crippen LogP contribution in [0.4, 0.5) is 0 Å². The van der Waals surface area contributed by atoms with Gasteiger partial charge in [-0.3, -0.25) is 0 Å². The summed E-state index contributed by atoms with van der Waals surface area (Å²) in [5, 5.41) is 4.70. The van der Waals surface area contributed by atoms with Crippen LogP contribution >= 0.6 is 23.5 Å². The zero-order valence-electron chi connectivity index (χ0n) is 11.6. The molecule has 2 aliphatic rings. The molecule has 3 rings (SSSR count). The Bertz CT molecular complexity index is 421. The second-order valence-electron chi connectivity index (χ2n) is 5.62. The van der Waals surface area contributed by atoms with Crippen LogP contribution in [0.1, 0.15) is 37.2 Å². The van der Waals surface area contributed by atoms with E-state index in [1.807, 2.05) is 11.8 Å². The highest BCUT2D eigenvalue weighted by molar-refractivity contribution is 7.99. The average Bonchev–Trinajstić information content (AvgIpc) is 2.89. The van der Waals surface area contributed by atoms with E-state index in [1.165, 1.54) is 36.3 Å². The first-order valence-corrected chi connectivity index (χ1v) is 9.63. The van der Waals surface area contributed by atoms with Crippen LogP contribution in [0.25, 0.3) is 0 Å². The Morgan fingerprint density at radius 3 is 3.00 bits per heavy atom. The molecule has 1 aliphatic carbocycles. The Kier molecular flexibility index (Phi) is 4.78. The lowest BCUT2D eigenvalue weighted by Crippen LogP contribution is -2.42. The lowest BCUT2D eigenvalue weighted by molar-refractivity contribution is 0.378.